The van der Waals surface area contributed by atoms with Gasteiger partial charge in [-0.25, -0.2) is 0 Å². The van der Waals surface area contributed by atoms with E-state index in [1.54, 1.807) is 13.3 Å². The molecule has 0 unspecified atom stereocenters. The summed E-state index contributed by atoms with van der Waals surface area (Å²) in [6.45, 7) is 3.18. The second-order valence-corrected chi connectivity index (χ2v) is 4.46. The van der Waals surface area contributed by atoms with Gasteiger partial charge in [0.2, 0.25) is 0 Å². The van der Waals surface area contributed by atoms with Gasteiger partial charge in [-0.05, 0) is 36.8 Å². The van der Waals surface area contributed by atoms with E-state index in [-0.39, 0.29) is 0 Å². The molecule has 0 aliphatic heterocycles. The first kappa shape index (κ1) is 14.3. The summed E-state index contributed by atoms with van der Waals surface area (Å²) in [6, 6.07) is 9.77. The second-order valence-electron chi connectivity index (χ2n) is 4.46. The highest BCUT2D eigenvalue weighted by molar-refractivity contribution is 5.61. The Kier molecular flexibility index (Phi) is 4.96. The fourth-order valence-corrected chi connectivity index (χ4v) is 1.91. The molecule has 0 radical (unpaired) electrons. The molecular formula is C16H20N2O2. The average molecular weight is 272 g/mol. The zero-order chi connectivity index (χ0) is 14.4. The predicted octanol–water partition coefficient (Wildman–Crippen LogP) is 3.00. The summed E-state index contributed by atoms with van der Waals surface area (Å²) in [4.78, 5) is 4.44. The standard InChI is InChI=1S/C16H20N2O2/c1-3-8-20-16-11-18-15(9-13(16)10-17)12-4-6-14(19-2)7-5-12/h4-7,9,11H,3,8,10,17H2,1-2H3. The largest absolute Gasteiger partial charge is 0.497 e. The van der Waals surface area contributed by atoms with E-state index in [0.29, 0.717) is 13.2 Å². The predicted molar refractivity (Wildman–Crippen MR) is 79.9 cm³/mol. The average Bonchev–Trinajstić information content (AvgIpc) is 2.52. The molecule has 2 N–H and O–H groups in total. The Morgan fingerprint density at radius 1 is 1.20 bits per heavy atom. The van der Waals surface area contributed by atoms with Crippen LogP contribution in [0.5, 0.6) is 11.5 Å². The number of aromatic nitrogens is 1. The van der Waals surface area contributed by atoms with Crippen molar-refractivity contribution in [3.63, 3.8) is 0 Å². The van der Waals surface area contributed by atoms with Crippen LogP contribution in [-0.4, -0.2) is 18.7 Å². The molecule has 0 aliphatic carbocycles. The minimum Gasteiger partial charge on any atom is -0.497 e. The molecule has 20 heavy (non-hydrogen) atoms. The molecule has 1 heterocycles. The lowest BCUT2D eigenvalue weighted by molar-refractivity contribution is 0.313. The lowest BCUT2D eigenvalue weighted by Gasteiger charge is -2.11. The van der Waals surface area contributed by atoms with Crippen molar-refractivity contribution < 1.29 is 9.47 Å². The van der Waals surface area contributed by atoms with Gasteiger partial charge in [0, 0.05) is 17.7 Å². The summed E-state index contributed by atoms with van der Waals surface area (Å²) in [5.41, 5.74) is 8.67. The third-order valence-electron chi connectivity index (χ3n) is 3.02. The van der Waals surface area contributed by atoms with Gasteiger partial charge in [0.15, 0.2) is 0 Å². The first-order valence-electron chi connectivity index (χ1n) is 6.74. The van der Waals surface area contributed by atoms with Gasteiger partial charge in [-0.3, -0.25) is 4.98 Å². The molecule has 0 saturated heterocycles. The fraction of sp³-hybridized carbons (Fsp3) is 0.312. The van der Waals surface area contributed by atoms with Crippen molar-refractivity contribution in [2.24, 2.45) is 5.73 Å². The van der Waals surface area contributed by atoms with E-state index in [2.05, 4.69) is 11.9 Å². The topological polar surface area (TPSA) is 57.4 Å². The Morgan fingerprint density at radius 2 is 1.95 bits per heavy atom. The Hall–Kier alpha value is -2.07. The fourth-order valence-electron chi connectivity index (χ4n) is 1.91. The number of nitrogens with two attached hydrogens (primary N) is 1. The molecule has 0 spiro atoms. The van der Waals surface area contributed by atoms with Crippen LogP contribution in [-0.2, 0) is 6.54 Å². The molecule has 2 aromatic rings. The smallest absolute Gasteiger partial charge is 0.142 e. The van der Waals surface area contributed by atoms with Crippen LogP contribution in [0.25, 0.3) is 11.3 Å². The van der Waals surface area contributed by atoms with E-state index in [4.69, 9.17) is 15.2 Å². The molecule has 106 valence electrons. The van der Waals surface area contributed by atoms with Crippen LogP contribution < -0.4 is 15.2 Å². The number of rotatable bonds is 6. The number of methoxy groups -OCH3 is 1. The number of benzene rings is 1. The quantitative estimate of drug-likeness (QED) is 0.878. The first-order chi connectivity index (χ1) is 9.78. The number of hydrogen-bond donors (Lipinski definition) is 1. The first-order valence-corrected chi connectivity index (χ1v) is 6.74. The van der Waals surface area contributed by atoms with Gasteiger partial charge >= 0.3 is 0 Å². The lowest BCUT2D eigenvalue weighted by Crippen LogP contribution is -2.04. The summed E-state index contributed by atoms with van der Waals surface area (Å²) < 4.78 is 10.8. The van der Waals surface area contributed by atoms with E-state index in [9.17, 15) is 0 Å². The van der Waals surface area contributed by atoms with Crippen molar-refractivity contribution >= 4 is 0 Å². The third-order valence-corrected chi connectivity index (χ3v) is 3.02. The molecule has 4 nitrogen and oxygen atoms in total. The minimum atomic E-state index is 0.435. The van der Waals surface area contributed by atoms with Crippen LogP contribution >= 0.6 is 0 Å². The SMILES string of the molecule is CCCOc1cnc(-c2ccc(OC)cc2)cc1CN. The van der Waals surface area contributed by atoms with Gasteiger partial charge in [-0.15, -0.1) is 0 Å². The zero-order valence-corrected chi connectivity index (χ0v) is 11.9. The normalized spacial score (nSPS) is 10.3. The molecule has 0 atom stereocenters. The zero-order valence-electron chi connectivity index (χ0n) is 11.9. The maximum atomic E-state index is 5.79. The summed E-state index contributed by atoms with van der Waals surface area (Å²) in [6.07, 6.45) is 2.71. The second kappa shape index (κ2) is 6.91. The van der Waals surface area contributed by atoms with Gasteiger partial charge in [-0.1, -0.05) is 6.92 Å². The van der Waals surface area contributed by atoms with Crippen molar-refractivity contribution in [2.75, 3.05) is 13.7 Å². The minimum absolute atomic E-state index is 0.435. The van der Waals surface area contributed by atoms with Gasteiger partial charge in [0.05, 0.1) is 25.6 Å². The molecule has 1 aromatic heterocycles. The van der Waals surface area contributed by atoms with E-state index in [0.717, 1.165) is 34.7 Å². The molecule has 0 fully saturated rings. The maximum Gasteiger partial charge on any atom is 0.142 e. The van der Waals surface area contributed by atoms with E-state index in [1.165, 1.54) is 0 Å². The van der Waals surface area contributed by atoms with Crippen LogP contribution in [0.2, 0.25) is 0 Å². The van der Waals surface area contributed by atoms with Crippen molar-refractivity contribution in [3.8, 4) is 22.8 Å². The van der Waals surface area contributed by atoms with Gasteiger partial charge in [-0.2, -0.15) is 0 Å². The van der Waals surface area contributed by atoms with Crippen LogP contribution in [0.15, 0.2) is 36.5 Å². The van der Waals surface area contributed by atoms with E-state index < -0.39 is 0 Å². The summed E-state index contributed by atoms with van der Waals surface area (Å²) >= 11 is 0. The third kappa shape index (κ3) is 3.27. The highest BCUT2D eigenvalue weighted by Crippen LogP contribution is 2.25. The number of ether oxygens (including phenoxy) is 2. The van der Waals surface area contributed by atoms with Crippen LogP contribution in [0.3, 0.4) is 0 Å². The Labute approximate surface area is 119 Å². The molecule has 0 amide bonds. The van der Waals surface area contributed by atoms with E-state index in [1.807, 2.05) is 30.3 Å². The summed E-state index contributed by atoms with van der Waals surface area (Å²) in [5, 5.41) is 0. The van der Waals surface area contributed by atoms with Gasteiger partial charge in [0.1, 0.15) is 11.5 Å². The molecule has 2 rings (SSSR count). The Bertz CT molecular complexity index is 553. The van der Waals surface area contributed by atoms with Crippen LogP contribution in [0.1, 0.15) is 18.9 Å². The number of nitrogens with zero attached hydrogens (tertiary/aromatic N) is 1. The number of pyridine rings is 1. The highest BCUT2D eigenvalue weighted by atomic mass is 16.5. The van der Waals surface area contributed by atoms with Crippen molar-refractivity contribution in [2.45, 2.75) is 19.9 Å². The molecule has 0 bridgehead atoms. The Balaban J connectivity index is 2.27. The molecular weight excluding hydrogens is 252 g/mol. The Morgan fingerprint density at radius 3 is 2.55 bits per heavy atom. The van der Waals surface area contributed by atoms with E-state index >= 15 is 0 Å². The van der Waals surface area contributed by atoms with Crippen LogP contribution in [0.4, 0.5) is 0 Å². The lowest BCUT2D eigenvalue weighted by atomic mass is 10.1. The summed E-state index contributed by atoms with van der Waals surface area (Å²) in [7, 11) is 1.65. The maximum absolute atomic E-state index is 5.79. The van der Waals surface area contributed by atoms with Gasteiger partial charge < -0.3 is 15.2 Å². The highest BCUT2D eigenvalue weighted by Gasteiger charge is 2.07. The molecule has 0 saturated carbocycles. The van der Waals surface area contributed by atoms with Crippen molar-refractivity contribution in [3.05, 3.63) is 42.1 Å². The molecule has 0 aliphatic rings. The van der Waals surface area contributed by atoms with Gasteiger partial charge in [0.25, 0.3) is 0 Å². The number of hydrogen-bond acceptors (Lipinski definition) is 4. The molecule has 1 aromatic carbocycles. The summed E-state index contributed by atoms with van der Waals surface area (Å²) in [5.74, 6) is 1.60. The van der Waals surface area contributed by atoms with Crippen molar-refractivity contribution in [1.29, 1.82) is 0 Å². The molecule has 4 heteroatoms. The van der Waals surface area contributed by atoms with Crippen molar-refractivity contribution in [1.82, 2.24) is 4.98 Å². The van der Waals surface area contributed by atoms with Crippen LogP contribution in [0, 0.1) is 0 Å². The monoisotopic (exact) mass is 272 g/mol.